The SMILES string of the molecule is Cc1cc(-c2ncnc3c2[C@@H](C)C(C)CC(C2=CCN(C(=O)OC(C)(C)C)CC2)=C3)ccc1CNC(=O)c1ncc(C(C)(C)C)n1C. The molecule has 3 aromatic rings. The van der Waals surface area contributed by atoms with E-state index in [2.05, 4.69) is 82.2 Å². The second-order valence-corrected chi connectivity index (χ2v) is 15.2. The van der Waals surface area contributed by atoms with Crippen LogP contribution in [0, 0.1) is 12.8 Å². The minimum Gasteiger partial charge on any atom is -0.444 e. The number of carbonyl (C=O) groups excluding carboxylic acids is 2. The average Bonchev–Trinajstić information content (AvgIpc) is 3.35. The van der Waals surface area contributed by atoms with E-state index in [1.165, 1.54) is 11.1 Å². The molecule has 2 aliphatic rings. The van der Waals surface area contributed by atoms with Gasteiger partial charge >= 0.3 is 6.09 Å². The molecule has 47 heavy (non-hydrogen) atoms. The predicted molar refractivity (Wildman–Crippen MR) is 186 cm³/mol. The normalized spacial score (nSPS) is 18.6. The molecule has 0 saturated heterocycles. The van der Waals surface area contributed by atoms with Gasteiger partial charge in [0.2, 0.25) is 0 Å². The zero-order valence-corrected chi connectivity index (χ0v) is 29.7. The number of aromatic nitrogens is 4. The summed E-state index contributed by atoms with van der Waals surface area (Å²) in [5.74, 6) is 0.835. The fourth-order valence-corrected chi connectivity index (χ4v) is 6.53. The highest BCUT2D eigenvalue weighted by Crippen LogP contribution is 2.42. The smallest absolute Gasteiger partial charge is 0.410 e. The van der Waals surface area contributed by atoms with Crippen LogP contribution in [0.2, 0.25) is 0 Å². The molecule has 0 saturated carbocycles. The van der Waals surface area contributed by atoms with E-state index in [1.54, 1.807) is 17.4 Å². The van der Waals surface area contributed by atoms with Gasteiger partial charge in [-0.3, -0.25) is 4.79 Å². The van der Waals surface area contributed by atoms with Gasteiger partial charge in [0.15, 0.2) is 5.82 Å². The zero-order valence-electron chi connectivity index (χ0n) is 29.7. The maximum absolute atomic E-state index is 13.0. The van der Waals surface area contributed by atoms with Gasteiger partial charge in [-0.25, -0.2) is 19.7 Å². The van der Waals surface area contributed by atoms with Crippen molar-refractivity contribution < 1.29 is 14.3 Å². The Bertz CT molecular complexity index is 1740. The number of benzene rings is 1. The van der Waals surface area contributed by atoms with Crippen LogP contribution in [0.1, 0.15) is 113 Å². The summed E-state index contributed by atoms with van der Waals surface area (Å²) >= 11 is 0. The van der Waals surface area contributed by atoms with E-state index < -0.39 is 5.60 Å². The van der Waals surface area contributed by atoms with Gasteiger partial charge in [-0.2, -0.15) is 0 Å². The monoisotopic (exact) mass is 638 g/mol. The third-order valence-corrected chi connectivity index (χ3v) is 9.36. The molecule has 1 N–H and O–H groups in total. The highest BCUT2D eigenvalue weighted by molar-refractivity contribution is 5.91. The zero-order chi connectivity index (χ0) is 34.3. The van der Waals surface area contributed by atoms with Crippen molar-refractivity contribution in [2.75, 3.05) is 13.1 Å². The quantitative estimate of drug-likeness (QED) is 0.310. The number of hydrogen-bond donors (Lipinski definition) is 1. The number of hydrogen-bond acceptors (Lipinski definition) is 6. The molecule has 9 heteroatoms. The molecule has 0 bridgehead atoms. The summed E-state index contributed by atoms with van der Waals surface area (Å²) < 4.78 is 7.46. The van der Waals surface area contributed by atoms with E-state index >= 15 is 0 Å². The number of nitrogens with zero attached hydrogens (tertiary/aromatic N) is 5. The van der Waals surface area contributed by atoms with E-state index in [0.29, 0.717) is 31.4 Å². The Hall–Kier alpha value is -4.27. The Morgan fingerprint density at radius 2 is 1.79 bits per heavy atom. The molecule has 1 aliphatic heterocycles. The standard InChI is InChI=1S/C38H50N6O3/c1-23-17-29(26-13-15-44(16-14-26)36(46)47-38(7,8)9)19-30-32(25(23)3)33(42-22-41-30)27-11-12-28(24(2)18-27)20-40-35(45)34-39-21-31(43(34)10)37(4,5)6/h11-13,18-19,21-23,25H,14-17,20H2,1-10H3,(H,40,45)/t23?,25-/m0/s1. The highest BCUT2D eigenvalue weighted by atomic mass is 16.6. The summed E-state index contributed by atoms with van der Waals surface area (Å²) in [5, 5.41) is 3.06. The van der Waals surface area contributed by atoms with E-state index in [9.17, 15) is 9.59 Å². The maximum Gasteiger partial charge on any atom is 0.410 e. The van der Waals surface area contributed by atoms with Crippen molar-refractivity contribution in [1.82, 2.24) is 29.7 Å². The molecule has 1 unspecified atom stereocenters. The number of carbonyl (C=O) groups is 2. The van der Waals surface area contributed by atoms with Crippen molar-refractivity contribution in [3.8, 4) is 11.3 Å². The van der Waals surface area contributed by atoms with E-state index in [-0.39, 0.29) is 23.3 Å². The van der Waals surface area contributed by atoms with E-state index in [0.717, 1.165) is 52.2 Å². The van der Waals surface area contributed by atoms with Gasteiger partial charge in [-0.1, -0.05) is 52.8 Å². The van der Waals surface area contributed by atoms with Crippen molar-refractivity contribution in [2.45, 2.75) is 98.6 Å². The first-order valence-electron chi connectivity index (χ1n) is 16.7. The molecule has 0 spiro atoms. The Labute approximate surface area is 279 Å². The van der Waals surface area contributed by atoms with Crippen LogP contribution >= 0.6 is 0 Å². The molecule has 5 rings (SSSR count). The lowest BCUT2D eigenvalue weighted by Gasteiger charge is -2.30. The van der Waals surface area contributed by atoms with Gasteiger partial charge in [-0.15, -0.1) is 0 Å². The minimum absolute atomic E-state index is 0.100. The largest absolute Gasteiger partial charge is 0.444 e. The first kappa shape index (κ1) is 34.1. The van der Waals surface area contributed by atoms with Crippen LogP contribution < -0.4 is 5.32 Å². The molecule has 250 valence electrons. The number of imidazole rings is 1. The molecule has 0 radical (unpaired) electrons. The summed E-state index contributed by atoms with van der Waals surface area (Å²) in [7, 11) is 1.89. The molecule has 2 atom stereocenters. The van der Waals surface area contributed by atoms with Crippen molar-refractivity contribution in [3.05, 3.63) is 81.8 Å². The lowest BCUT2D eigenvalue weighted by molar-refractivity contribution is 0.0266. The topological polar surface area (TPSA) is 102 Å². The fourth-order valence-electron chi connectivity index (χ4n) is 6.53. The number of aryl methyl sites for hydroxylation is 1. The van der Waals surface area contributed by atoms with Gasteiger partial charge in [-0.05, 0) is 86.8 Å². The van der Waals surface area contributed by atoms with Crippen molar-refractivity contribution in [1.29, 1.82) is 0 Å². The molecule has 3 heterocycles. The summed E-state index contributed by atoms with van der Waals surface area (Å²) in [6, 6.07) is 6.33. The van der Waals surface area contributed by atoms with E-state index in [1.807, 2.05) is 32.4 Å². The Balaban J connectivity index is 1.36. The number of fused-ring (bicyclic) bond motifs is 1. The number of amides is 2. The molecular weight excluding hydrogens is 588 g/mol. The third-order valence-electron chi connectivity index (χ3n) is 9.36. The molecular formula is C38H50N6O3. The molecule has 2 amide bonds. The average molecular weight is 639 g/mol. The summed E-state index contributed by atoms with van der Waals surface area (Å²) in [6.07, 6.45) is 9.29. The molecule has 0 fully saturated rings. The van der Waals surface area contributed by atoms with Crippen LogP contribution in [0.4, 0.5) is 4.79 Å². The number of allylic oxidation sites excluding steroid dienone is 1. The minimum atomic E-state index is -0.511. The third kappa shape index (κ3) is 7.50. The second kappa shape index (κ2) is 13.1. The summed E-state index contributed by atoms with van der Waals surface area (Å²) in [5.41, 5.74) is 9.18. The van der Waals surface area contributed by atoms with Crippen molar-refractivity contribution in [2.24, 2.45) is 13.0 Å². The molecule has 9 nitrogen and oxygen atoms in total. The van der Waals surface area contributed by atoms with Crippen molar-refractivity contribution >= 4 is 18.1 Å². The van der Waals surface area contributed by atoms with Crippen LogP contribution in [-0.4, -0.2) is 55.1 Å². The highest BCUT2D eigenvalue weighted by Gasteiger charge is 2.30. The first-order valence-corrected chi connectivity index (χ1v) is 16.7. The maximum atomic E-state index is 13.0. The number of ether oxygens (including phenoxy) is 1. The fraction of sp³-hybridized carbons (Fsp3) is 0.500. The number of nitrogens with one attached hydrogen (secondary N) is 1. The Morgan fingerprint density at radius 1 is 1.04 bits per heavy atom. The van der Waals surface area contributed by atoms with Gasteiger partial charge in [0, 0.05) is 55.1 Å². The molecule has 1 aromatic carbocycles. The summed E-state index contributed by atoms with van der Waals surface area (Å²) in [6.45, 7) is 20.2. The number of rotatable bonds is 5. The van der Waals surface area contributed by atoms with Crippen molar-refractivity contribution in [3.63, 3.8) is 0 Å². The first-order chi connectivity index (χ1) is 22.0. The lowest BCUT2D eigenvalue weighted by atomic mass is 9.83. The van der Waals surface area contributed by atoms with Crippen LogP contribution in [0.5, 0.6) is 0 Å². The molecule has 1 aliphatic carbocycles. The van der Waals surface area contributed by atoms with Crippen LogP contribution in [0.15, 0.2) is 47.9 Å². The lowest BCUT2D eigenvalue weighted by Crippen LogP contribution is -2.39. The van der Waals surface area contributed by atoms with Gasteiger partial charge < -0.3 is 19.5 Å². The van der Waals surface area contributed by atoms with Gasteiger partial charge in [0.05, 0.1) is 11.4 Å². The van der Waals surface area contributed by atoms with Gasteiger partial charge in [0.25, 0.3) is 5.91 Å². The second-order valence-electron chi connectivity index (χ2n) is 15.2. The van der Waals surface area contributed by atoms with Crippen LogP contribution in [-0.2, 0) is 23.7 Å². The van der Waals surface area contributed by atoms with Gasteiger partial charge in [0.1, 0.15) is 11.9 Å². The van der Waals surface area contributed by atoms with E-state index in [4.69, 9.17) is 14.7 Å². The Morgan fingerprint density at radius 3 is 2.40 bits per heavy atom. The predicted octanol–water partition coefficient (Wildman–Crippen LogP) is 7.51. The molecule has 2 aromatic heterocycles. The Kier molecular flexibility index (Phi) is 9.49. The van der Waals surface area contributed by atoms with Crippen LogP contribution in [0.3, 0.4) is 0 Å². The van der Waals surface area contributed by atoms with Crippen LogP contribution in [0.25, 0.3) is 17.3 Å². The summed E-state index contributed by atoms with van der Waals surface area (Å²) in [4.78, 5) is 41.4.